The maximum absolute atomic E-state index is 2.77. The van der Waals surface area contributed by atoms with E-state index in [9.17, 15) is 0 Å². The van der Waals surface area contributed by atoms with E-state index in [1.54, 1.807) is 0 Å². The van der Waals surface area contributed by atoms with Gasteiger partial charge in [0.15, 0.2) is 0 Å². The van der Waals surface area contributed by atoms with Crippen molar-refractivity contribution in [2.75, 3.05) is 9.80 Å². The standard InChI is InChI=1S/C75H81BN2S/c1-44-36-63-66-64(37-44)78(61-29-25-46(69(2,3)4)38-52(61)50-23-19-22-49-48-21-18-17-20-45(48)24-27-51(49)50)62-42-58-57(73(11,12)33-34-74(58,13)14)41-60(62)76(66)68-67(53-40-56-59(43-65(53)79-68)75(15,16)35-32-72(56,9)10)77(63)47-26-28-54-55(39-47)71(7,8)31-30-70(54,5)6/h17-29,36-43H,30-35H2,1-16H3. The second kappa shape index (κ2) is 16.5. The predicted molar refractivity (Wildman–Crippen MR) is 346 cm³/mol. The molecule has 79 heavy (non-hydrogen) atoms. The highest BCUT2D eigenvalue weighted by atomic mass is 32.1. The highest BCUT2D eigenvalue weighted by Crippen LogP contribution is 2.57. The largest absolute Gasteiger partial charge is 0.311 e. The summed E-state index contributed by atoms with van der Waals surface area (Å²) in [6.07, 6.45) is 7.08. The second-order valence-electron chi connectivity index (χ2n) is 30.2. The lowest BCUT2D eigenvalue weighted by Gasteiger charge is -2.47. The molecule has 0 radical (unpaired) electrons. The number of thiophene rings is 1. The fourth-order valence-electron chi connectivity index (χ4n) is 15.7. The number of nitrogens with zero attached hydrogens (tertiary/aromatic N) is 2. The first-order valence-corrected chi connectivity index (χ1v) is 30.7. The van der Waals surface area contributed by atoms with Crippen LogP contribution in [-0.2, 0) is 37.9 Å². The minimum Gasteiger partial charge on any atom is -0.311 e. The van der Waals surface area contributed by atoms with Gasteiger partial charge in [-0.1, -0.05) is 177 Å². The predicted octanol–water partition coefficient (Wildman–Crippen LogP) is 19.6. The van der Waals surface area contributed by atoms with Crippen molar-refractivity contribution < 1.29 is 0 Å². The van der Waals surface area contributed by atoms with E-state index in [-0.39, 0.29) is 44.6 Å². The number of anilines is 6. The van der Waals surface area contributed by atoms with Crippen molar-refractivity contribution in [1.82, 2.24) is 0 Å². The average molecular weight is 1050 g/mol. The van der Waals surface area contributed by atoms with Gasteiger partial charge in [0.05, 0.1) is 11.4 Å². The zero-order valence-corrected chi connectivity index (χ0v) is 51.1. The molecule has 0 fully saturated rings. The fourth-order valence-corrected chi connectivity index (χ4v) is 17.0. The lowest BCUT2D eigenvalue weighted by molar-refractivity contribution is 0.332. The van der Waals surface area contributed by atoms with Crippen LogP contribution in [0.5, 0.6) is 0 Å². The van der Waals surface area contributed by atoms with E-state index in [0.717, 1.165) is 6.42 Å². The maximum atomic E-state index is 2.77. The van der Waals surface area contributed by atoms with Crippen molar-refractivity contribution in [2.45, 2.75) is 187 Å². The van der Waals surface area contributed by atoms with E-state index in [2.05, 4.69) is 259 Å². The summed E-state index contributed by atoms with van der Waals surface area (Å²) in [4.78, 5) is 5.53. The normalized spacial score (nSPS) is 19.6. The molecule has 4 heteroatoms. The minimum atomic E-state index is -0.0625. The van der Waals surface area contributed by atoms with E-state index in [0.29, 0.717) is 0 Å². The molecule has 0 unspecified atom stereocenters. The molecule has 8 aromatic carbocycles. The lowest BCUT2D eigenvalue weighted by Crippen LogP contribution is -2.61. The number of hydrogen-bond acceptors (Lipinski definition) is 3. The number of rotatable bonds is 3. The van der Waals surface area contributed by atoms with Gasteiger partial charge >= 0.3 is 0 Å². The van der Waals surface area contributed by atoms with E-state index < -0.39 is 0 Å². The van der Waals surface area contributed by atoms with Crippen LogP contribution in [0.15, 0.2) is 127 Å². The summed E-state index contributed by atoms with van der Waals surface area (Å²) >= 11 is 2.09. The van der Waals surface area contributed by atoms with Crippen molar-refractivity contribution in [3.8, 4) is 11.1 Å². The van der Waals surface area contributed by atoms with Crippen LogP contribution in [0.3, 0.4) is 0 Å². The maximum Gasteiger partial charge on any atom is 0.264 e. The summed E-state index contributed by atoms with van der Waals surface area (Å²) in [6.45, 7) is 39.5. The molecule has 0 spiro atoms. The van der Waals surface area contributed by atoms with Crippen molar-refractivity contribution >= 4 is 99.5 Å². The van der Waals surface area contributed by atoms with Gasteiger partial charge in [-0.3, -0.25) is 0 Å². The first-order valence-electron chi connectivity index (χ1n) is 29.9. The molecular formula is C75H81BN2S. The van der Waals surface area contributed by atoms with Gasteiger partial charge < -0.3 is 9.80 Å². The molecule has 5 aliphatic rings. The topological polar surface area (TPSA) is 6.48 Å². The number of benzene rings is 8. The third-order valence-corrected chi connectivity index (χ3v) is 22.2. The quantitative estimate of drug-likeness (QED) is 0.129. The van der Waals surface area contributed by atoms with Gasteiger partial charge in [0.25, 0.3) is 6.71 Å². The number of fused-ring (bicyclic) bond motifs is 12. The molecule has 0 N–H and O–H groups in total. The molecule has 2 aliphatic heterocycles. The van der Waals surface area contributed by atoms with Gasteiger partial charge in [-0.15, -0.1) is 11.3 Å². The minimum absolute atomic E-state index is 0.0127. The molecular weight excluding hydrogens is 972 g/mol. The van der Waals surface area contributed by atoms with Gasteiger partial charge in [0, 0.05) is 43.2 Å². The molecule has 9 aromatic rings. The Balaban J connectivity index is 1.13. The summed E-state index contributed by atoms with van der Waals surface area (Å²) in [5.74, 6) is 0. The van der Waals surface area contributed by atoms with Crippen molar-refractivity contribution in [1.29, 1.82) is 0 Å². The van der Waals surface area contributed by atoms with Gasteiger partial charge in [-0.05, 0) is 220 Å². The summed E-state index contributed by atoms with van der Waals surface area (Å²) in [5, 5.41) is 6.56. The van der Waals surface area contributed by atoms with Crippen LogP contribution in [-0.4, -0.2) is 6.71 Å². The first-order chi connectivity index (χ1) is 37.2. The Labute approximate surface area is 476 Å². The molecule has 400 valence electrons. The van der Waals surface area contributed by atoms with Gasteiger partial charge in [-0.25, -0.2) is 0 Å². The highest BCUT2D eigenvalue weighted by Gasteiger charge is 2.50. The smallest absolute Gasteiger partial charge is 0.264 e. The Morgan fingerprint density at radius 2 is 1.00 bits per heavy atom. The van der Waals surface area contributed by atoms with Crippen LogP contribution in [0.4, 0.5) is 34.1 Å². The van der Waals surface area contributed by atoms with Crippen LogP contribution < -0.4 is 25.5 Å². The summed E-state index contributed by atoms with van der Waals surface area (Å²) in [6, 6.07) is 51.7. The number of aryl methyl sites for hydroxylation is 1. The zero-order valence-electron chi connectivity index (χ0n) is 50.2. The van der Waals surface area contributed by atoms with Crippen LogP contribution in [0.1, 0.15) is 187 Å². The second-order valence-corrected chi connectivity index (χ2v) is 31.3. The van der Waals surface area contributed by atoms with Crippen LogP contribution in [0, 0.1) is 6.92 Å². The molecule has 3 heterocycles. The molecule has 0 saturated carbocycles. The van der Waals surface area contributed by atoms with Crippen LogP contribution in [0.2, 0.25) is 0 Å². The Kier molecular flexibility index (Phi) is 10.7. The highest BCUT2D eigenvalue weighted by molar-refractivity contribution is 7.33. The van der Waals surface area contributed by atoms with E-state index >= 15 is 0 Å². The molecule has 2 nitrogen and oxygen atoms in total. The number of hydrogen-bond donors (Lipinski definition) is 0. The molecule has 0 saturated heterocycles. The summed E-state index contributed by atoms with van der Waals surface area (Å²) < 4.78 is 2.89. The van der Waals surface area contributed by atoms with E-state index in [1.807, 2.05) is 0 Å². The monoisotopic (exact) mass is 1050 g/mol. The third-order valence-electron chi connectivity index (χ3n) is 21.0. The molecule has 3 aliphatic carbocycles. The zero-order chi connectivity index (χ0) is 55.5. The van der Waals surface area contributed by atoms with Gasteiger partial charge in [0.2, 0.25) is 0 Å². The first kappa shape index (κ1) is 51.1. The van der Waals surface area contributed by atoms with Crippen molar-refractivity contribution in [3.05, 3.63) is 172 Å². The van der Waals surface area contributed by atoms with E-state index in [4.69, 9.17) is 0 Å². The fraction of sp³-hybridized carbons (Fsp3) is 0.387. The Hall–Kier alpha value is -6.10. The van der Waals surface area contributed by atoms with Crippen molar-refractivity contribution in [3.63, 3.8) is 0 Å². The molecule has 1 aromatic heterocycles. The molecule has 0 bridgehead atoms. The van der Waals surface area contributed by atoms with Crippen LogP contribution in [0.25, 0.3) is 42.8 Å². The third kappa shape index (κ3) is 7.47. The van der Waals surface area contributed by atoms with Crippen LogP contribution >= 0.6 is 11.3 Å². The SMILES string of the molecule is Cc1cc2c3c(c1)N(c1ccc4c(c1)C(C)(C)CCC4(C)C)c1c(sc4cc5c(cc14)C(C)(C)CCC5(C)C)B3c1cc3c(cc1N2c1ccc(C(C)(C)C)cc1-c1cccc2c1ccc1ccccc12)C(C)(C)CCC3(C)C. The van der Waals surface area contributed by atoms with Gasteiger partial charge in [0.1, 0.15) is 0 Å². The Morgan fingerprint density at radius 3 is 1.66 bits per heavy atom. The average Bonchev–Trinajstić information content (AvgIpc) is 2.55. The van der Waals surface area contributed by atoms with E-state index in [1.165, 1.54) is 169 Å². The lowest BCUT2D eigenvalue weighted by atomic mass is 9.35. The Morgan fingerprint density at radius 1 is 0.430 bits per heavy atom. The summed E-state index contributed by atoms with van der Waals surface area (Å²) in [5.41, 5.74) is 25.2. The molecule has 0 atom stereocenters. The molecule has 0 amide bonds. The van der Waals surface area contributed by atoms with Crippen molar-refractivity contribution in [2.24, 2.45) is 0 Å². The summed E-state index contributed by atoms with van der Waals surface area (Å²) in [7, 11) is 0. The molecule has 14 rings (SSSR count). The Bertz CT molecular complexity index is 4110. The van der Waals surface area contributed by atoms with Gasteiger partial charge in [-0.2, -0.15) is 0 Å².